The summed E-state index contributed by atoms with van der Waals surface area (Å²) in [6.07, 6.45) is 0.527. The molecule has 1 saturated heterocycles. The van der Waals surface area contributed by atoms with Crippen molar-refractivity contribution in [1.29, 1.82) is 0 Å². The highest BCUT2D eigenvalue weighted by atomic mass is 16.5. The van der Waals surface area contributed by atoms with Crippen molar-refractivity contribution in [3.63, 3.8) is 0 Å². The Bertz CT molecular complexity index is 281. The van der Waals surface area contributed by atoms with Crippen LogP contribution in [0.25, 0.3) is 0 Å². The van der Waals surface area contributed by atoms with Crippen LogP contribution in [0.15, 0.2) is 0 Å². The fraction of sp³-hybridized carbons (Fsp3) is 0.818. The van der Waals surface area contributed by atoms with Crippen molar-refractivity contribution in [1.82, 2.24) is 9.80 Å². The Hall–Kier alpha value is -1.14. The van der Waals surface area contributed by atoms with Crippen LogP contribution in [0.4, 0.5) is 0 Å². The summed E-state index contributed by atoms with van der Waals surface area (Å²) in [5, 5.41) is 8.83. The van der Waals surface area contributed by atoms with Crippen LogP contribution < -0.4 is 0 Å². The van der Waals surface area contributed by atoms with Gasteiger partial charge in [-0.25, -0.2) is 4.79 Å². The van der Waals surface area contributed by atoms with Crippen molar-refractivity contribution >= 4 is 11.9 Å². The van der Waals surface area contributed by atoms with E-state index < -0.39 is 12.1 Å². The lowest BCUT2D eigenvalue weighted by molar-refractivity contribution is -0.156. The summed E-state index contributed by atoms with van der Waals surface area (Å²) in [7, 11) is 3.47. The molecule has 1 aliphatic rings. The minimum atomic E-state index is -0.918. The van der Waals surface area contributed by atoms with Crippen LogP contribution in [0.2, 0.25) is 0 Å². The van der Waals surface area contributed by atoms with E-state index in [0.29, 0.717) is 19.6 Å². The lowest BCUT2D eigenvalue weighted by Gasteiger charge is -2.30. The molecule has 1 atom stereocenters. The van der Waals surface area contributed by atoms with Crippen molar-refractivity contribution < 1.29 is 19.4 Å². The number of nitrogens with zero attached hydrogens (tertiary/aromatic N) is 2. The summed E-state index contributed by atoms with van der Waals surface area (Å²) < 4.78 is 5.12. The minimum Gasteiger partial charge on any atom is -0.479 e. The van der Waals surface area contributed by atoms with Crippen LogP contribution in [0.5, 0.6) is 0 Å². The van der Waals surface area contributed by atoms with Crippen molar-refractivity contribution in [3.05, 3.63) is 0 Å². The van der Waals surface area contributed by atoms with Crippen LogP contribution in [0.1, 0.15) is 12.8 Å². The summed E-state index contributed by atoms with van der Waals surface area (Å²) in [4.78, 5) is 25.7. The van der Waals surface area contributed by atoms with Crippen molar-refractivity contribution in [2.45, 2.75) is 18.9 Å². The number of amides is 1. The number of carboxylic acids is 1. The molecule has 1 aliphatic heterocycles. The van der Waals surface area contributed by atoms with Gasteiger partial charge < -0.3 is 14.7 Å². The third kappa shape index (κ3) is 4.70. The zero-order valence-corrected chi connectivity index (χ0v) is 10.4. The minimum absolute atomic E-state index is 0.105. The van der Waals surface area contributed by atoms with Gasteiger partial charge in [0.25, 0.3) is 0 Å². The Morgan fingerprint density at radius 2 is 2.18 bits per heavy atom. The molecule has 0 bridgehead atoms. The van der Waals surface area contributed by atoms with Crippen LogP contribution >= 0.6 is 0 Å². The molecule has 17 heavy (non-hydrogen) atoms. The van der Waals surface area contributed by atoms with Crippen molar-refractivity contribution in [2.24, 2.45) is 0 Å². The van der Waals surface area contributed by atoms with Gasteiger partial charge in [0.15, 0.2) is 6.10 Å². The fourth-order valence-electron chi connectivity index (χ4n) is 1.73. The number of hydrogen-bond acceptors (Lipinski definition) is 4. The van der Waals surface area contributed by atoms with Gasteiger partial charge in [-0.3, -0.25) is 9.69 Å². The number of carbonyl (C=O) groups is 2. The van der Waals surface area contributed by atoms with E-state index in [0.717, 1.165) is 19.5 Å². The molecule has 0 aromatic heterocycles. The van der Waals surface area contributed by atoms with E-state index in [1.165, 1.54) is 0 Å². The highest BCUT2D eigenvalue weighted by Gasteiger charge is 2.25. The molecule has 1 rings (SSSR count). The van der Waals surface area contributed by atoms with E-state index in [9.17, 15) is 9.59 Å². The lowest BCUT2D eigenvalue weighted by atomic mass is 10.2. The quantitative estimate of drug-likeness (QED) is 0.715. The molecule has 6 heteroatoms. The maximum atomic E-state index is 11.3. The Kier molecular flexibility index (Phi) is 5.37. The normalized spacial score (nSPS) is 21.2. The van der Waals surface area contributed by atoms with Crippen molar-refractivity contribution in [2.75, 3.05) is 40.3 Å². The second-order valence-corrected chi connectivity index (χ2v) is 4.39. The molecule has 0 radical (unpaired) electrons. The standard InChI is InChI=1S/C11H20N2O4/c1-12(2)10(14)4-3-5-13-6-7-17-9(8-13)11(15)16/h9H,3-8H2,1-2H3,(H,15,16). The molecule has 1 unspecified atom stereocenters. The van der Waals surface area contributed by atoms with Crippen LogP contribution in [0.3, 0.4) is 0 Å². The molecule has 6 nitrogen and oxygen atoms in total. The molecule has 1 N–H and O–H groups in total. The van der Waals surface area contributed by atoms with Crippen molar-refractivity contribution in [3.8, 4) is 0 Å². The van der Waals surface area contributed by atoms with Gasteiger partial charge in [-0.1, -0.05) is 0 Å². The van der Waals surface area contributed by atoms with E-state index in [1.807, 2.05) is 4.90 Å². The number of rotatable bonds is 5. The van der Waals surface area contributed by atoms with Gasteiger partial charge in [-0.05, 0) is 13.0 Å². The smallest absolute Gasteiger partial charge is 0.334 e. The first-order chi connectivity index (χ1) is 8.00. The molecule has 0 aromatic rings. The van der Waals surface area contributed by atoms with Crippen LogP contribution in [0, 0.1) is 0 Å². The number of ether oxygens (including phenoxy) is 1. The molecule has 1 amide bonds. The number of carboxylic acid groups (broad SMARTS) is 1. The molecule has 0 saturated carbocycles. The molecular formula is C11H20N2O4. The zero-order valence-electron chi connectivity index (χ0n) is 10.4. The third-order valence-electron chi connectivity index (χ3n) is 2.79. The van der Waals surface area contributed by atoms with E-state index >= 15 is 0 Å². The average molecular weight is 244 g/mol. The molecule has 1 heterocycles. The molecule has 0 aromatic carbocycles. The Morgan fingerprint density at radius 3 is 2.76 bits per heavy atom. The molecule has 98 valence electrons. The summed E-state index contributed by atoms with van der Waals surface area (Å²) in [6, 6.07) is 0. The van der Waals surface area contributed by atoms with Crippen LogP contribution in [-0.2, 0) is 14.3 Å². The second-order valence-electron chi connectivity index (χ2n) is 4.39. The summed E-state index contributed by atoms with van der Waals surface area (Å²) >= 11 is 0. The van der Waals surface area contributed by atoms with E-state index in [4.69, 9.17) is 9.84 Å². The first-order valence-corrected chi connectivity index (χ1v) is 5.77. The Balaban J connectivity index is 2.23. The van der Waals surface area contributed by atoms with E-state index in [-0.39, 0.29) is 5.91 Å². The zero-order chi connectivity index (χ0) is 12.8. The maximum Gasteiger partial charge on any atom is 0.334 e. The largest absolute Gasteiger partial charge is 0.479 e. The SMILES string of the molecule is CN(C)C(=O)CCCN1CCOC(C(=O)O)C1. The first kappa shape index (κ1) is 13.9. The summed E-state index contributed by atoms with van der Waals surface area (Å²) in [5.41, 5.74) is 0. The predicted octanol–water partition coefficient (Wildman–Crippen LogP) is -0.360. The highest BCUT2D eigenvalue weighted by Crippen LogP contribution is 2.07. The Labute approximate surface area is 101 Å². The number of aliphatic carboxylic acids is 1. The second kappa shape index (κ2) is 6.56. The van der Waals surface area contributed by atoms with Gasteiger partial charge >= 0.3 is 5.97 Å². The van der Waals surface area contributed by atoms with E-state index in [2.05, 4.69) is 0 Å². The average Bonchev–Trinajstić information content (AvgIpc) is 2.29. The fourth-order valence-corrected chi connectivity index (χ4v) is 1.73. The maximum absolute atomic E-state index is 11.3. The first-order valence-electron chi connectivity index (χ1n) is 5.77. The third-order valence-corrected chi connectivity index (χ3v) is 2.79. The van der Waals surface area contributed by atoms with Gasteiger partial charge in [0.05, 0.1) is 6.61 Å². The number of carbonyl (C=O) groups excluding carboxylic acids is 1. The van der Waals surface area contributed by atoms with Gasteiger partial charge in [0.2, 0.25) is 5.91 Å². The number of morpholine rings is 1. The number of hydrogen-bond donors (Lipinski definition) is 1. The predicted molar refractivity (Wildman–Crippen MR) is 61.7 cm³/mol. The molecular weight excluding hydrogens is 224 g/mol. The van der Waals surface area contributed by atoms with Gasteiger partial charge in [0, 0.05) is 33.6 Å². The Morgan fingerprint density at radius 1 is 1.47 bits per heavy atom. The summed E-state index contributed by atoms with van der Waals surface area (Å²) in [5.74, 6) is -0.813. The molecule has 1 fully saturated rings. The lowest BCUT2D eigenvalue weighted by Crippen LogP contribution is -2.46. The van der Waals surface area contributed by atoms with Gasteiger partial charge in [-0.2, -0.15) is 0 Å². The van der Waals surface area contributed by atoms with Gasteiger partial charge in [-0.15, -0.1) is 0 Å². The topological polar surface area (TPSA) is 70.1 Å². The van der Waals surface area contributed by atoms with E-state index in [1.54, 1.807) is 19.0 Å². The van der Waals surface area contributed by atoms with Gasteiger partial charge in [0.1, 0.15) is 0 Å². The molecule has 0 spiro atoms. The summed E-state index contributed by atoms with van der Waals surface area (Å²) in [6.45, 7) is 2.33. The monoisotopic (exact) mass is 244 g/mol. The van der Waals surface area contributed by atoms with Crippen LogP contribution in [-0.4, -0.2) is 73.2 Å². The highest BCUT2D eigenvalue weighted by molar-refractivity contribution is 5.75. The molecule has 0 aliphatic carbocycles.